The van der Waals surface area contributed by atoms with Gasteiger partial charge in [-0.3, -0.25) is 9.35 Å². The lowest BCUT2D eigenvalue weighted by molar-refractivity contribution is 0.0693. The summed E-state index contributed by atoms with van der Waals surface area (Å²) in [4.78, 5) is 37.4. The number of carboxylic acid groups (broad SMARTS) is 1. The molecule has 8 aromatic heterocycles. The van der Waals surface area contributed by atoms with Crippen molar-refractivity contribution in [1.29, 1.82) is 0 Å². The minimum Gasteiger partial charge on any atom is -0.507 e. The molecule has 1 amide bonds. The number of aromatic nitrogens is 8. The van der Waals surface area contributed by atoms with Crippen molar-refractivity contribution in [2.45, 2.75) is 9.79 Å². The highest BCUT2D eigenvalue weighted by Crippen LogP contribution is 2.36. The number of amides is 1. The molecule has 86 heavy (non-hydrogen) atoms. The van der Waals surface area contributed by atoms with Gasteiger partial charge < -0.3 is 31.3 Å². The largest absolute Gasteiger partial charge is 0.507 e. The predicted molar refractivity (Wildman–Crippen MR) is 315 cm³/mol. The Hall–Kier alpha value is -10.6. The average Bonchev–Trinajstić information content (AvgIpc) is 3.75. The number of phenols is 4. The lowest BCUT2D eigenvalue weighted by Gasteiger charge is -2.02. The molecule has 0 saturated heterocycles. The Morgan fingerprint density at radius 1 is 0.419 bits per heavy atom. The van der Waals surface area contributed by atoms with Crippen molar-refractivity contribution in [3.63, 3.8) is 0 Å². The second kappa shape index (κ2) is 26.3. The van der Waals surface area contributed by atoms with Crippen molar-refractivity contribution in [2.24, 2.45) is 51.8 Å². The number of nitrogens with zero attached hydrogens (tertiary/aromatic N) is 16. The zero-order chi connectivity index (χ0) is 61.1. The Morgan fingerprint density at radius 3 is 1.05 bits per heavy atom. The smallest absolute Gasteiger partial charge is 0.339 e. The first kappa shape index (κ1) is 60.0. The summed E-state index contributed by atoms with van der Waals surface area (Å²) in [7, 11) is -8.57. The molecule has 0 spiro atoms. The molecule has 12 aromatic rings. The number of phenolic OH excluding ortho intramolecular Hbond substituents is 2. The fourth-order valence-corrected chi connectivity index (χ4v) is 10.8. The van der Waals surface area contributed by atoms with Crippen LogP contribution in [0.15, 0.2) is 197 Å². The summed E-state index contributed by atoms with van der Waals surface area (Å²) >= 11 is 4.57. The highest BCUT2D eigenvalue weighted by atomic mass is 32.2. The van der Waals surface area contributed by atoms with E-state index in [0.717, 1.165) is 74.3 Å². The number of nitrogens with two attached hydrogens (primary N) is 2. The number of aromatic carboxylic acids is 1. The van der Waals surface area contributed by atoms with Crippen molar-refractivity contribution in [2.75, 3.05) is 0 Å². The molecule has 0 unspecified atom stereocenters. The summed E-state index contributed by atoms with van der Waals surface area (Å²) in [6.07, 6.45) is 6.53. The van der Waals surface area contributed by atoms with Gasteiger partial charge in [-0.2, -0.15) is 25.9 Å². The molecular weight excluding hydrogens is 1240 g/mol. The lowest BCUT2D eigenvalue weighted by Crippen LogP contribution is -2.12. The van der Waals surface area contributed by atoms with E-state index in [1.54, 1.807) is 55.1 Å². The number of fused-ring (bicyclic) bond motifs is 4. The summed E-state index contributed by atoms with van der Waals surface area (Å²) in [5, 5.41) is 89.2. The number of hydrogen-bond acceptors (Lipinski definition) is 30. The van der Waals surface area contributed by atoms with Gasteiger partial charge in [0.1, 0.15) is 38.4 Å². The quantitative estimate of drug-likeness (QED) is 0.0416. The molecule has 0 radical (unpaired) electrons. The van der Waals surface area contributed by atoms with Crippen LogP contribution in [0.4, 0.5) is 42.8 Å². The van der Waals surface area contributed by atoms with Crippen LogP contribution >= 0.6 is 46.1 Å². The van der Waals surface area contributed by atoms with E-state index in [1.807, 2.05) is 18.2 Å². The zero-order valence-corrected chi connectivity index (χ0v) is 47.6. The van der Waals surface area contributed by atoms with Crippen LogP contribution in [-0.2, 0) is 20.1 Å². The van der Waals surface area contributed by atoms with Gasteiger partial charge in [0.25, 0.3) is 16.0 Å². The minimum absolute atomic E-state index is 0.00211. The van der Waals surface area contributed by atoms with Gasteiger partial charge in [-0.1, -0.05) is 0 Å². The molecule has 12 rings (SSSR count). The maximum absolute atomic E-state index is 11.3. The summed E-state index contributed by atoms with van der Waals surface area (Å²) in [5.41, 5.74) is 8.40. The third-order valence-electron chi connectivity index (χ3n) is 10.9. The predicted octanol–water partition coefficient (Wildman–Crippen LogP) is 11.9. The van der Waals surface area contributed by atoms with Gasteiger partial charge in [-0.05, 0) is 167 Å². The van der Waals surface area contributed by atoms with Crippen molar-refractivity contribution in [3.05, 3.63) is 157 Å². The summed E-state index contributed by atoms with van der Waals surface area (Å²) in [6, 6.07) is 29.9. The summed E-state index contributed by atoms with van der Waals surface area (Å²) in [5.74, 6) is -3.44. The van der Waals surface area contributed by atoms with E-state index in [9.17, 15) is 46.9 Å². The number of benzene rings is 4. The number of primary amides is 1. The number of azo groups is 4. The van der Waals surface area contributed by atoms with Crippen molar-refractivity contribution >= 4 is 165 Å². The fraction of sp³-hybridized carbons (Fsp3) is 0. The zero-order valence-electron chi connectivity index (χ0n) is 42.7. The maximum Gasteiger partial charge on any atom is 0.339 e. The molecule has 36 heteroatoms. The van der Waals surface area contributed by atoms with Gasteiger partial charge in [-0.15, -0.1) is 40.9 Å². The number of aromatic hydroxyl groups is 4. The van der Waals surface area contributed by atoms with Crippen LogP contribution in [0.25, 0.3) is 44.1 Å². The van der Waals surface area contributed by atoms with Gasteiger partial charge >= 0.3 is 5.97 Å². The van der Waals surface area contributed by atoms with Crippen LogP contribution in [0.1, 0.15) is 20.7 Å². The first-order valence-electron chi connectivity index (χ1n) is 23.5. The Kier molecular flexibility index (Phi) is 18.4. The van der Waals surface area contributed by atoms with Crippen LogP contribution < -0.4 is 10.9 Å². The molecule has 4 aromatic carbocycles. The van der Waals surface area contributed by atoms with E-state index < -0.39 is 53.3 Å². The third-order valence-corrected chi connectivity index (χ3v) is 15.7. The summed E-state index contributed by atoms with van der Waals surface area (Å²) < 4.78 is 70.5. The van der Waals surface area contributed by atoms with Crippen LogP contribution in [-0.4, -0.2) is 96.2 Å². The lowest BCUT2D eigenvalue weighted by atomic mass is 10.2. The van der Waals surface area contributed by atoms with Crippen LogP contribution in [0.3, 0.4) is 0 Å². The molecule has 0 aliphatic carbocycles. The Morgan fingerprint density at radius 2 is 0.721 bits per heavy atom. The van der Waals surface area contributed by atoms with Gasteiger partial charge in [0, 0.05) is 24.8 Å². The van der Waals surface area contributed by atoms with Gasteiger partial charge in [0.15, 0.2) is 42.6 Å². The van der Waals surface area contributed by atoms with Crippen LogP contribution in [0.2, 0.25) is 0 Å². The first-order chi connectivity index (χ1) is 41.2. The minimum atomic E-state index is -4.53. The molecule has 0 atom stereocenters. The van der Waals surface area contributed by atoms with Gasteiger partial charge in [-0.25, -0.2) is 38.3 Å². The number of carbonyl (C=O) groups excluding carboxylic acids is 1. The fourth-order valence-electron chi connectivity index (χ4n) is 6.90. The second-order valence-electron chi connectivity index (χ2n) is 16.6. The Bertz CT molecular complexity index is 4600. The van der Waals surface area contributed by atoms with E-state index in [1.165, 1.54) is 66.1 Å². The van der Waals surface area contributed by atoms with Crippen molar-refractivity contribution in [3.8, 4) is 23.0 Å². The maximum atomic E-state index is 11.3. The Labute approximate surface area is 497 Å². The first-order valence-corrected chi connectivity index (χ1v) is 29.6. The standard InChI is InChI=1S/C13H9N5O2S.C13H8N4O3S.C12H9N5O3S2.C12H8N4O4S2/c14-11(20)9-6-7(3-4-10(9)19)16-17-13-8-2-1-5-15-12(8)18-21-13;18-10-4-3-7(6-9(10)13(19)20)15-16-12-8-2-1-5-14-11(8)17-21-12;13-22(19,20)10-6-7(3-4-9(10)18)15-16-12-8-2-1-5-14-11(8)17-21-12;17-9-4-3-7(6-10(9)22(18,19)20)14-15-12-8-2-1-5-13-11(8)16-21-12/h1-6,19H,(H2,14,20);1-6,18H,(H,19,20);1-6,18H,(H2,13,19,20);1-6,17H,(H,18,19,20). The third kappa shape index (κ3) is 14.8. The van der Waals surface area contributed by atoms with E-state index in [2.05, 4.69) is 78.3 Å². The normalized spacial score (nSPS) is 11.7. The van der Waals surface area contributed by atoms with Crippen LogP contribution in [0.5, 0.6) is 23.0 Å². The van der Waals surface area contributed by atoms with E-state index >= 15 is 0 Å². The average molecular weight is 1270 g/mol. The monoisotopic (exact) mass is 1270 g/mol. The number of sulfonamides is 1. The number of rotatable bonds is 12. The molecule has 0 aliphatic heterocycles. The summed E-state index contributed by atoms with van der Waals surface area (Å²) in [6.45, 7) is 0. The molecule has 432 valence electrons. The van der Waals surface area contributed by atoms with Gasteiger partial charge in [0.2, 0.25) is 10.0 Å². The molecule has 0 aliphatic rings. The molecule has 0 bridgehead atoms. The Balaban J connectivity index is 0.000000137. The molecule has 10 N–H and O–H groups in total. The molecule has 8 heterocycles. The molecule has 0 saturated carbocycles. The number of carbonyl (C=O) groups is 2. The van der Waals surface area contributed by atoms with Gasteiger partial charge in [0.05, 0.1) is 49.9 Å². The highest BCUT2D eigenvalue weighted by Gasteiger charge is 2.18. The molecular formula is C50H34N18O12S6. The van der Waals surface area contributed by atoms with E-state index in [4.69, 9.17) is 20.5 Å². The number of hydrogen-bond donors (Lipinski definition) is 8. The number of primary sulfonamides is 1. The topological polar surface area (TPSA) is 478 Å². The van der Waals surface area contributed by atoms with Crippen molar-refractivity contribution in [1.82, 2.24) is 37.4 Å². The van der Waals surface area contributed by atoms with Crippen molar-refractivity contribution < 1.29 is 56.5 Å². The van der Waals surface area contributed by atoms with Crippen LogP contribution in [0, 0.1) is 0 Å². The van der Waals surface area contributed by atoms with E-state index in [0.29, 0.717) is 54.0 Å². The number of carboxylic acids is 1. The molecule has 0 fully saturated rings. The highest BCUT2D eigenvalue weighted by molar-refractivity contribution is 7.89. The van der Waals surface area contributed by atoms with E-state index in [-0.39, 0.29) is 34.0 Å². The SMILES string of the molecule is NC(=O)c1cc(N=Nc2snc3ncccc23)ccc1O.NS(=O)(=O)c1cc(N=Nc2snc3ncccc23)ccc1O.O=C(O)c1cc(N=Nc2snc3ncccc23)ccc1O.O=S(=O)(O)c1cc(N=Nc2snc3ncccc23)ccc1O. The molecule has 30 nitrogen and oxygen atoms in total. The number of pyridine rings is 4. The second-order valence-corrected chi connectivity index (χ2v) is 22.6.